The number of unbranched alkanes of at least 4 members (excludes halogenated alkanes) is 11. The molecule has 0 aromatic carbocycles. The number of hydrogen-bond donors (Lipinski definition) is 1. The topological polar surface area (TPSA) is 80.7 Å². The van der Waals surface area contributed by atoms with Crippen molar-refractivity contribution < 1.29 is 44.5 Å². The fourth-order valence-electron chi connectivity index (χ4n) is 2.76. The summed E-state index contributed by atoms with van der Waals surface area (Å²) in [5.41, 5.74) is 0. The van der Waals surface area contributed by atoms with Gasteiger partial charge in [-0.1, -0.05) is 77.6 Å². The lowest BCUT2D eigenvalue weighted by atomic mass is 10.0. The van der Waals surface area contributed by atoms with Gasteiger partial charge in [-0.3, -0.25) is 9.35 Å². The van der Waals surface area contributed by atoms with Gasteiger partial charge in [0.05, 0.1) is 0 Å². The molecule has 0 spiro atoms. The van der Waals surface area contributed by atoms with E-state index in [1.54, 1.807) is 0 Å². The summed E-state index contributed by atoms with van der Waals surface area (Å²) in [6.45, 7) is 2.16. The maximum atomic E-state index is 13.3. The van der Waals surface area contributed by atoms with Gasteiger partial charge in [-0.2, -0.15) is 30.4 Å². The average molecular weight is 454 g/mol. The lowest BCUT2D eigenvalue weighted by Gasteiger charge is -2.26. The maximum Gasteiger partial charge on any atom is 0.432 e. The normalized spacial score (nSPS) is 14.0. The molecule has 0 bridgehead atoms. The van der Waals surface area contributed by atoms with E-state index in [0.717, 1.165) is 32.1 Å². The predicted octanol–water partition coefficient (Wildman–Crippen LogP) is 6.03. The Hall–Kier alpha value is -0.970. The maximum absolute atomic E-state index is 13.3. The molecule has 174 valence electrons. The summed E-state index contributed by atoms with van der Waals surface area (Å²) in [5, 5.41) is -5.68. The quantitative estimate of drug-likeness (QED) is 0.133. The molecule has 1 N–H and O–H groups in total. The minimum atomic E-state index is -6.41. The van der Waals surface area contributed by atoms with Crippen LogP contribution in [0.3, 0.4) is 0 Å². The lowest BCUT2D eigenvalue weighted by Crippen LogP contribution is -2.52. The fraction of sp³-hybridized carbons (Fsp3) is 0.944. The third-order valence-corrected chi connectivity index (χ3v) is 5.33. The van der Waals surface area contributed by atoms with E-state index in [2.05, 4.69) is 11.7 Å². The monoisotopic (exact) mass is 454 g/mol. The molecule has 0 aromatic rings. The summed E-state index contributed by atoms with van der Waals surface area (Å²) < 4.78 is 97.5. The third kappa shape index (κ3) is 11.7. The molecule has 0 saturated heterocycles. The SMILES string of the molecule is CCCCCCCCCCCCCCC(=O)OC(C(F)(F)F)C(F)(F)S(=O)(=O)O. The Balaban J connectivity index is 4.08. The van der Waals surface area contributed by atoms with E-state index in [-0.39, 0.29) is 6.42 Å². The number of hydrogen-bond acceptors (Lipinski definition) is 4. The summed E-state index contributed by atoms with van der Waals surface area (Å²) >= 11 is 0. The molecule has 0 heterocycles. The molecule has 0 amide bonds. The predicted molar refractivity (Wildman–Crippen MR) is 98.1 cm³/mol. The molecule has 1 unspecified atom stereocenters. The van der Waals surface area contributed by atoms with Gasteiger partial charge in [0.2, 0.25) is 0 Å². The number of carbonyl (C=O) groups excluding carboxylic acids is 1. The highest BCUT2D eigenvalue weighted by atomic mass is 32.2. The number of alkyl halides is 5. The van der Waals surface area contributed by atoms with Crippen LogP contribution in [0.5, 0.6) is 0 Å². The van der Waals surface area contributed by atoms with Gasteiger partial charge in [0.25, 0.3) is 6.10 Å². The van der Waals surface area contributed by atoms with Gasteiger partial charge in [-0.25, -0.2) is 0 Å². The molecule has 0 aliphatic heterocycles. The Morgan fingerprint density at radius 3 is 1.55 bits per heavy atom. The van der Waals surface area contributed by atoms with Crippen molar-refractivity contribution in [2.45, 2.75) is 108 Å². The Labute approximate surface area is 169 Å². The first-order valence-electron chi connectivity index (χ1n) is 9.95. The van der Waals surface area contributed by atoms with Crippen LogP contribution in [-0.4, -0.2) is 36.5 Å². The number of rotatable bonds is 16. The molecule has 0 saturated carbocycles. The molecule has 0 radical (unpaired) electrons. The first-order chi connectivity index (χ1) is 13.3. The van der Waals surface area contributed by atoms with E-state index in [0.29, 0.717) is 6.42 Å². The second kappa shape index (κ2) is 13.4. The number of ether oxygens (including phenoxy) is 1. The Morgan fingerprint density at radius 2 is 1.21 bits per heavy atom. The van der Waals surface area contributed by atoms with Crippen LogP contribution in [0.4, 0.5) is 22.0 Å². The molecule has 0 rings (SSSR count). The molecule has 0 aliphatic rings. The summed E-state index contributed by atoms with van der Waals surface area (Å²) in [6, 6.07) is 0. The van der Waals surface area contributed by atoms with Crippen molar-refractivity contribution in [3.05, 3.63) is 0 Å². The van der Waals surface area contributed by atoms with Crippen molar-refractivity contribution in [1.29, 1.82) is 0 Å². The van der Waals surface area contributed by atoms with Crippen molar-refractivity contribution >= 4 is 16.1 Å². The van der Waals surface area contributed by atoms with Gasteiger partial charge in [0, 0.05) is 6.42 Å². The average Bonchev–Trinajstić information content (AvgIpc) is 2.58. The summed E-state index contributed by atoms with van der Waals surface area (Å²) in [4.78, 5) is 11.4. The fourth-order valence-corrected chi connectivity index (χ4v) is 3.21. The van der Waals surface area contributed by atoms with Gasteiger partial charge in [-0.15, -0.1) is 0 Å². The molecule has 5 nitrogen and oxygen atoms in total. The van der Waals surface area contributed by atoms with Crippen LogP contribution in [0, 0.1) is 0 Å². The van der Waals surface area contributed by atoms with E-state index in [1.807, 2.05) is 0 Å². The highest BCUT2D eigenvalue weighted by molar-refractivity contribution is 7.86. The molecular weight excluding hydrogens is 423 g/mol. The molecule has 11 heteroatoms. The second-order valence-electron chi connectivity index (χ2n) is 7.09. The molecule has 1 atom stereocenters. The van der Waals surface area contributed by atoms with Crippen molar-refractivity contribution in [1.82, 2.24) is 0 Å². The van der Waals surface area contributed by atoms with Gasteiger partial charge >= 0.3 is 27.5 Å². The standard InChI is InChI=1S/C18H31F5O5S/c1-2-3-4-5-6-7-8-9-10-11-12-13-14-15(24)28-16(17(19,20)21)18(22,23)29(25,26)27/h16H,2-14H2,1H3,(H,25,26,27). The molecule has 0 fully saturated rings. The smallest absolute Gasteiger partial charge is 0.432 e. The molecule has 29 heavy (non-hydrogen) atoms. The minimum absolute atomic E-state index is 0.137. The Morgan fingerprint density at radius 1 is 0.828 bits per heavy atom. The van der Waals surface area contributed by atoms with Crippen LogP contribution in [0.15, 0.2) is 0 Å². The van der Waals surface area contributed by atoms with E-state index >= 15 is 0 Å². The number of esters is 1. The van der Waals surface area contributed by atoms with Crippen molar-refractivity contribution in [2.75, 3.05) is 0 Å². The van der Waals surface area contributed by atoms with Crippen LogP contribution in [0.2, 0.25) is 0 Å². The lowest BCUT2D eigenvalue weighted by molar-refractivity contribution is -0.259. The first kappa shape index (κ1) is 28.0. The number of halogens is 5. The first-order valence-corrected chi connectivity index (χ1v) is 11.4. The minimum Gasteiger partial charge on any atom is -0.445 e. The van der Waals surface area contributed by atoms with Crippen LogP contribution in [0.1, 0.15) is 90.4 Å². The van der Waals surface area contributed by atoms with E-state index in [4.69, 9.17) is 4.55 Å². The van der Waals surface area contributed by atoms with E-state index < -0.39 is 40.0 Å². The summed E-state index contributed by atoms with van der Waals surface area (Å²) in [7, 11) is -6.41. The van der Waals surface area contributed by atoms with Crippen molar-refractivity contribution in [3.8, 4) is 0 Å². The Bertz CT molecular complexity index is 563. The third-order valence-electron chi connectivity index (χ3n) is 4.43. The second-order valence-corrected chi connectivity index (χ2v) is 8.58. The van der Waals surface area contributed by atoms with Gasteiger partial charge in [0.15, 0.2) is 0 Å². The highest BCUT2D eigenvalue weighted by Crippen LogP contribution is 2.38. The molecular formula is C18H31F5O5S. The van der Waals surface area contributed by atoms with Gasteiger partial charge in [0.1, 0.15) is 0 Å². The number of carbonyl (C=O) groups is 1. The van der Waals surface area contributed by atoms with Crippen LogP contribution >= 0.6 is 0 Å². The van der Waals surface area contributed by atoms with E-state index in [9.17, 15) is 35.2 Å². The zero-order valence-electron chi connectivity index (χ0n) is 16.6. The van der Waals surface area contributed by atoms with Gasteiger partial charge in [-0.05, 0) is 6.42 Å². The molecule has 0 aliphatic carbocycles. The molecule has 0 aromatic heterocycles. The summed E-state index contributed by atoms with van der Waals surface area (Å²) in [5.74, 6) is -1.59. The van der Waals surface area contributed by atoms with Crippen LogP contribution < -0.4 is 0 Å². The largest absolute Gasteiger partial charge is 0.445 e. The van der Waals surface area contributed by atoms with Crippen LogP contribution in [-0.2, 0) is 19.6 Å². The summed E-state index contributed by atoms with van der Waals surface area (Å²) in [6.07, 6.45) is 0.999. The zero-order chi connectivity index (χ0) is 22.6. The van der Waals surface area contributed by atoms with Gasteiger partial charge < -0.3 is 4.74 Å². The van der Waals surface area contributed by atoms with E-state index in [1.165, 1.54) is 32.1 Å². The van der Waals surface area contributed by atoms with Crippen molar-refractivity contribution in [3.63, 3.8) is 0 Å². The zero-order valence-corrected chi connectivity index (χ0v) is 17.5. The van der Waals surface area contributed by atoms with Crippen molar-refractivity contribution in [2.24, 2.45) is 0 Å². The highest BCUT2D eigenvalue weighted by Gasteiger charge is 2.65. The Kier molecular flexibility index (Phi) is 12.9. The van der Waals surface area contributed by atoms with Crippen LogP contribution in [0.25, 0.3) is 0 Å².